The minimum Gasteiger partial charge on any atom is -0.353 e. The number of imidazole rings is 1. The van der Waals surface area contributed by atoms with Crippen LogP contribution in [0.25, 0.3) is 0 Å². The van der Waals surface area contributed by atoms with Crippen LogP contribution in [0.15, 0.2) is 6.20 Å². The van der Waals surface area contributed by atoms with E-state index < -0.39 is 0 Å². The molecule has 1 aromatic heterocycles. The second-order valence-corrected chi connectivity index (χ2v) is 4.75. The zero-order valence-electron chi connectivity index (χ0n) is 9.95. The molecule has 0 spiro atoms. The third kappa shape index (κ3) is 2.33. The van der Waals surface area contributed by atoms with Gasteiger partial charge in [-0.2, -0.15) is 0 Å². The Morgan fingerprint density at radius 2 is 2.33 bits per heavy atom. The Morgan fingerprint density at radius 1 is 1.53 bits per heavy atom. The van der Waals surface area contributed by atoms with Gasteiger partial charge in [-0.15, -0.1) is 0 Å². The van der Waals surface area contributed by atoms with Crippen LogP contribution in [0.4, 0.5) is 5.95 Å². The lowest BCUT2D eigenvalue weighted by atomic mass is 10.1. The molecule has 2 rings (SSSR count). The highest BCUT2D eigenvalue weighted by molar-refractivity contribution is 5.30. The van der Waals surface area contributed by atoms with Gasteiger partial charge in [0.25, 0.3) is 0 Å². The maximum absolute atomic E-state index is 4.52. The van der Waals surface area contributed by atoms with Gasteiger partial charge in [-0.3, -0.25) is 0 Å². The minimum atomic E-state index is 0.632. The van der Waals surface area contributed by atoms with Crippen LogP contribution in [-0.4, -0.2) is 15.6 Å². The molecular weight excluding hydrogens is 186 g/mol. The molecule has 3 heteroatoms. The monoisotopic (exact) mass is 207 g/mol. The van der Waals surface area contributed by atoms with Crippen molar-refractivity contribution >= 4 is 5.95 Å². The average Bonchev–Trinajstić information content (AvgIpc) is 2.73. The van der Waals surface area contributed by atoms with Crippen LogP contribution in [0, 0.1) is 12.8 Å². The van der Waals surface area contributed by atoms with Crippen molar-refractivity contribution in [3.05, 3.63) is 11.9 Å². The van der Waals surface area contributed by atoms with Gasteiger partial charge in [0.1, 0.15) is 0 Å². The van der Waals surface area contributed by atoms with Gasteiger partial charge in [0.05, 0.1) is 5.69 Å². The zero-order valence-corrected chi connectivity index (χ0v) is 9.95. The molecule has 0 aliphatic heterocycles. The smallest absolute Gasteiger partial charge is 0.203 e. The summed E-state index contributed by atoms with van der Waals surface area (Å²) in [6.45, 7) is 7.53. The van der Waals surface area contributed by atoms with E-state index in [0.717, 1.165) is 24.1 Å². The van der Waals surface area contributed by atoms with Crippen molar-refractivity contribution < 1.29 is 0 Å². The van der Waals surface area contributed by atoms with Crippen LogP contribution >= 0.6 is 0 Å². The fourth-order valence-electron chi connectivity index (χ4n) is 2.42. The first kappa shape index (κ1) is 10.5. The van der Waals surface area contributed by atoms with Gasteiger partial charge in [-0.05, 0) is 39.0 Å². The second kappa shape index (κ2) is 4.25. The van der Waals surface area contributed by atoms with E-state index >= 15 is 0 Å². The predicted molar refractivity (Wildman–Crippen MR) is 63.1 cm³/mol. The van der Waals surface area contributed by atoms with Crippen molar-refractivity contribution in [3.63, 3.8) is 0 Å². The summed E-state index contributed by atoms with van der Waals surface area (Å²) in [6.07, 6.45) is 6.04. The first-order chi connectivity index (χ1) is 7.19. The molecule has 1 N–H and O–H groups in total. The third-order valence-electron chi connectivity index (χ3n) is 3.27. The number of hydrogen-bond acceptors (Lipinski definition) is 2. The molecule has 0 aromatic carbocycles. The highest BCUT2D eigenvalue weighted by Crippen LogP contribution is 2.27. The fourth-order valence-corrected chi connectivity index (χ4v) is 2.42. The lowest BCUT2D eigenvalue weighted by Gasteiger charge is -2.13. The highest BCUT2D eigenvalue weighted by Gasteiger charge is 2.22. The Kier molecular flexibility index (Phi) is 2.98. The SMILES string of the molecule is CCn1cc(C)nc1NC1CCC(C)C1. The summed E-state index contributed by atoms with van der Waals surface area (Å²) in [7, 11) is 0. The van der Waals surface area contributed by atoms with Gasteiger partial charge in [0.15, 0.2) is 0 Å². The summed E-state index contributed by atoms with van der Waals surface area (Å²) in [4.78, 5) is 4.52. The Balaban J connectivity index is 2.03. The molecule has 0 bridgehead atoms. The Bertz CT molecular complexity index is 330. The molecule has 1 aromatic rings. The topological polar surface area (TPSA) is 29.9 Å². The largest absolute Gasteiger partial charge is 0.353 e. The molecule has 1 heterocycles. The maximum Gasteiger partial charge on any atom is 0.203 e. The van der Waals surface area contributed by atoms with Gasteiger partial charge in [0.2, 0.25) is 5.95 Å². The van der Waals surface area contributed by atoms with Gasteiger partial charge in [-0.1, -0.05) is 6.92 Å². The molecule has 0 saturated heterocycles. The van der Waals surface area contributed by atoms with E-state index in [1.807, 2.05) is 0 Å². The molecule has 84 valence electrons. The summed E-state index contributed by atoms with van der Waals surface area (Å²) in [5, 5.41) is 3.56. The van der Waals surface area contributed by atoms with Gasteiger partial charge in [0, 0.05) is 18.8 Å². The number of hydrogen-bond donors (Lipinski definition) is 1. The van der Waals surface area contributed by atoms with Gasteiger partial charge >= 0.3 is 0 Å². The molecule has 1 aliphatic rings. The number of aromatic nitrogens is 2. The molecule has 1 aliphatic carbocycles. The van der Waals surface area contributed by atoms with Crippen molar-refractivity contribution in [2.45, 2.75) is 52.6 Å². The van der Waals surface area contributed by atoms with Crippen molar-refractivity contribution in [2.75, 3.05) is 5.32 Å². The zero-order chi connectivity index (χ0) is 10.8. The van der Waals surface area contributed by atoms with Crippen LogP contribution < -0.4 is 5.32 Å². The van der Waals surface area contributed by atoms with Gasteiger partial charge in [-0.25, -0.2) is 4.98 Å². The molecule has 3 nitrogen and oxygen atoms in total. The number of anilines is 1. The summed E-state index contributed by atoms with van der Waals surface area (Å²) in [5.41, 5.74) is 1.10. The Labute approximate surface area is 91.9 Å². The van der Waals surface area contributed by atoms with Crippen LogP contribution in [-0.2, 0) is 6.54 Å². The molecule has 0 amide bonds. The van der Waals surface area contributed by atoms with Crippen molar-refractivity contribution in [3.8, 4) is 0 Å². The maximum atomic E-state index is 4.52. The normalized spacial score (nSPS) is 25.8. The summed E-state index contributed by atoms with van der Waals surface area (Å²) in [5.74, 6) is 1.92. The summed E-state index contributed by atoms with van der Waals surface area (Å²) >= 11 is 0. The summed E-state index contributed by atoms with van der Waals surface area (Å²) in [6, 6.07) is 0.632. The van der Waals surface area contributed by atoms with E-state index in [-0.39, 0.29) is 0 Å². The molecule has 15 heavy (non-hydrogen) atoms. The van der Waals surface area contributed by atoms with Crippen LogP contribution in [0.2, 0.25) is 0 Å². The third-order valence-corrected chi connectivity index (χ3v) is 3.27. The van der Waals surface area contributed by atoms with Crippen LogP contribution in [0.3, 0.4) is 0 Å². The number of nitrogens with one attached hydrogen (secondary N) is 1. The standard InChI is InChI=1S/C12H21N3/c1-4-15-8-10(3)13-12(15)14-11-6-5-9(2)7-11/h8-9,11H,4-7H2,1-3H3,(H,13,14). The van der Waals surface area contributed by atoms with Crippen molar-refractivity contribution in [2.24, 2.45) is 5.92 Å². The predicted octanol–water partition coefficient (Wildman–Crippen LogP) is 2.81. The fraction of sp³-hybridized carbons (Fsp3) is 0.750. The van der Waals surface area contributed by atoms with E-state index in [1.165, 1.54) is 19.3 Å². The Hall–Kier alpha value is -0.990. The molecule has 2 unspecified atom stereocenters. The van der Waals surface area contributed by atoms with Crippen molar-refractivity contribution in [1.29, 1.82) is 0 Å². The first-order valence-corrected chi connectivity index (χ1v) is 5.99. The second-order valence-electron chi connectivity index (χ2n) is 4.75. The minimum absolute atomic E-state index is 0.632. The Morgan fingerprint density at radius 3 is 2.93 bits per heavy atom. The number of rotatable bonds is 3. The lowest BCUT2D eigenvalue weighted by Crippen LogP contribution is -2.18. The molecular formula is C12H21N3. The quantitative estimate of drug-likeness (QED) is 0.826. The number of aryl methyl sites for hydroxylation is 2. The van der Waals surface area contributed by atoms with Gasteiger partial charge < -0.3 is 9.88 Å². The molecule has 1 saturated carbocycles. The number of nitrogens with zero attached hydrogens (tertiary/aromatic N) is 2. The first-order valence-electron chi connectivity index (χ1n) is 5.99. The highest BCUT2D eigenvalue weighted by atomic mass is 15.2. The molecule has 0 radical (unpaired) electrons. The average molecular weight is 207 g/mol. The van der Waals surface area contributed by atoms with E-state index in [1.54, 1.807) is 0 Å². The van der Waals surface area contributed by atoms with E-state index in [4.69, 9.17) is 0 Å². The molecule has 1 fully saturated rings. The van der Waals surface area contributed by atoms with E-state index in [0.29, 0.717) is 6.04 Å². The van der Waals surface area contributed by atoms with Crippen molar-refractivity contribution in [1.82, 2.24) is 9.55 Å². The summed E-state index contributed by atoms with van der Waals surface area (Å²) < 4.78 is 2.19. The van der Waals surface area contributed by atoms with Crippen LogP contribution in [0.1, 0.15) is 38.8 Å². The van der Waals surface area contributed by atoms with E-state index in [9.17, 15) is 0 Å². The van der Waals surface area contributed by atoms with Crippen LogP contribution in [0.5, 0.6) is 0 Å². The molecule has 2 atom stereocenters. The van der Waals surface area contributed by atoms with E-state index in [2.05, 4.69) is 41.8 Å². The lowest BCUT2D eigenvalue weighted by molar-refractivity contribution is 0.600.